The van der Waals surface area contributed by atoms with E-state index in [-0.39, 0.29) is 5.92 Å². The molecule has 2 heterocycles. The van der Waals surface area contributed by atoms with Crippen LogP contribution in [0.3, 0.4) is 0 Å². The zero-order valence-electron chi connectivity index (χ0n) is 15.5. The number of nitrogens with zero attached hydrogens (tertiary/aromatic N) is 3. The third-order valence-electron chi connectivity index (χ3n) is 5.60. The molecule has 0 fully saturated rings. The van der Waals surface area contributed by atoms with E-state index in [0.717, 1.165) is 29.0 Å². The van der Waals surface area contributed by atoms with Gasteiger partial charge in [-0.15, -0.1) is 0 Å². The molecule has 4 heteroatoms. The summed E-state index contributed by atoms with van der Waals surface area (Å²) in [4.78, 5) is 4.56. The predicted octanol–water partition coefficient (Wildman–Crippen LogP) is 5.23. The summed E-state index contributed by atoms with van der Waals surface area (Å²) in [7, 11) is 0. The zero-order chi connectivity index (χ0) is 18.8. The molecule has 0 N–H and O–H groups in total. The summed E-state index contributed by atoms with van der Waals surface area (Å²) in [5, 5.41) is 13.3. The lowest BCUT2D eigenvalue weighted by molar-refractivity contribution is 0.273. The van der Waals surface area contributed by atoms with Crippen LogP contribution in [0.1, 0.15) is 42.3 Å². The van der Waals surface area contributed by atoms with Crippen LogP contribution in [-0.2, 0) is 6.42 Å². The van der Waals surface area contributed by atoms with Crippen LogP contribution in [0.15, 0.2) is 59.4 Å². The number of pyridine rings is 1. The predicted molar refractivity (Wildman–Crippen MR) is 105 cm³/mol. The SMILES string of the molecule is C[C@H]1[C@H](C=Cc2ccc(-c3ccccc3C#N)cn2)c2oncc2C[C@@H]1C. The minimum Gasteiger partial charge on any atom is -0.360 e. The summed E-state index contributed by atoms with van der Waals surface area (Å²) < 4.78 is 5.53. The van der Waals surface area contributed by atoms with Crippen LogP contribution in [0.4, 0.5) is 0 Å². The Morgan fingerprint density at radius 2 is 2.00 bits per heavy atom. The molecule has 1 aromatic carbocycles. The van der Waals surface area contributed by atoms with Crippen molar-refractivity contribution < 1.29 is 4.52 Å². The quantitative estimate of drug-likeness (QED) is 0.645. The minimum absolute atomic E-state index is 0.215. The maximum absolute atomic E-state index is 9.28. The van der Waals surface area contributed by atoms with Crippen molar-refractivity contribution in [2.24, 2.45) is 11.8 Å². The van der Waals surface area contributed by atoms with E-state index in [9.17, 15) is 5.26 Å². The van der Waals surface area contributed by atoms with E-state index in [0.29, 0.717) is 17.4 Å². The van der Waals surface area contributed by atoms with Crippen molar-refractivity contribution in [2.45, 2.75) is 26.2 Å². The molecule has 4 nitrogen and oxygen atoms in total. The highest BCUT2D eigenvalue weighted by Crippen LogP contribution is 2.40. The summed E-state index contributed by atoms with van der Waals surface area (Å²) in [6.45, 7) is 4.54. The third kappa shape index (κ3) is 3.29. The van der Waals surface area contributed by atoms with Crippen molar-refractivity contribution in [1.29, 1.82) is 5.26 Å². The summed E-state index contributed by atoms with van der Waals surface area (Å²) in [5.74, 6) is 2.27. The van der Waals surface area contributed by atoms with Gasteiger partial charge in [0.25, 0.3) is 0 Å². The van der Waals surface area contributed by atoms with E-state index in [4.69, 9.17) is 4.52 Å². The fourth-order valence-electron chi connectivity index (χ4n) is 3.78. The molecule has 0 unspecified atom stereocenters. The maximum atomic E-state index is 9.28. The van der Waals surface area contributed by atoms with Crippen molar-refractivity contribution in [2.75, 3.05) is 0 Å². The Bertz CT molecular complexity index is 1010. The lowest BCUT2D eigenvalue weighted by Gasteiger charge is -2.30. The van der Waals surface area contributed by atoms with Gasteiger partial charge in [0.1, 0.15) is 5.76 Å². The summed E-state index contributed by atoms with van der Waals surface area (Å²) >= 11 is 0. The second-order valence-electron chi connectivity index (χ2n) is 7.27. The number of benzene rings is 1. The first-order valence-electron chi connectivity index (χ1n) is 9.24. The van der Waals surface area contributed by atoms with E-state index < -0.39 is 0 Å². The number of allylic oxidation sites excluding steroid dienone is 1. The highest BCUT2D eigenvalue weighted by Gasteiger charge is 2.33. The second kappa shape index (κ2) is 7.20. The normalized spacial score (nSPS) is 21.7. The van der Waals surface area contributed by atoms with Crippen molar-refractivity contribution in [1.82, 2.24) is 10.1 Å². The molecule has 27 heavy (non-hydrogen) atoms. The van der Waals surface area contributed by atoms with Gasteiger partial charge in [-0.1, -0.05) is 49.3 Å². The number of nitriles is 1. The standard InChI is InChI=1S/C23H21N3O/c1-15-11-19-14-26-27-23(19)21(16(15)2)10-9-20-8-7-18(13-25-20)22-6-4-3-5-17(22)12-24/h3-10,13-16,21H,11H2,1-2H3/t15-,16+,21-/m0/s1. The van der Waals surface area contributed by atoms with E-state index in [1.165, 1.54) is 5.56 Å². The monoisotopic (exact) mass is 355 g/mol. The van der Waals surface area contributed by atoms with Gasteiger partial charge < -0.3 is 4.52 Å². The van der Waals surface area contributed by atoms with Crippen LogP contribution in [-0.4, -0.2) is 10.1 Å². The smallest absolute Gasteiger partial charge is 0.147 e. The Hall–Kier alpha value is -3.19. The van der Waals surface area contributed by atoms with Crippen LogP contribution >= 0.6 is 0 Å². The lowest BCUT2D eigenvalue weighted by Crippen LogP contribution is -2.23. The van der Waals surface area contributed by atoms with Gasteiger partial charge in [-0.05, 0) is 36.5 Å². The molecule has 4 rings (SSSR count). The van der Waals surface area contributed by atoms with E-state index in [1.807, 2.05) is 54.9 Å². The van der Waals surface area contributed by atoms with Crippen molar-refractivity contribution >= 4 is 6.08 Å². The average Bonchev–Trinajstić information content (AvgIpc) is 3.16. The highest BCUT2D eigenvalue weighted by molar-refractivity contribution is 5.70. The van der Waals surface area contributed by atoms with E-state index in [2.05, 4.69) is 36.1 Å². The highest BCUT2D eigenvalue weighted by atomic mass is 16.5. The number of hydrogen-bond acceptors (Lipinski definition) is 4. The second-order valence-corrected chi connectivity index (χ2v) is 7.27. The van der Waals surface area contributed by atoms with Crippen LogP contribution in [0.2, 0.25) is 0 Å². The Morgan fingerprint density at radius 3 is 2.78 bits per heavy atom. The molecular formula is C23H21N3O. The molecule has 0 radical (unpaired) electrons. The van der Waals surface area contributed by atoms with Crippen molar-refractivity contribution in [3.63, 3.8) is 0 Å². The average molecular weight is 355 g/mol. The van der Waals surface area contributed by atoms with Gasteiger partial charge in [-0.25, -0.2) is 0 Å². The van der Waals surface area contributed by atoms with Crippen LogP contribution in [0.25, 0.3) is 17.2 Å². The topological polar surface area (TPSA) is 62.7 Å². The molecule has 1 aliphatic carbocycles. The van der Waals surface area contributed by atoms with Gasteiger partial charge in [0, 0.05) is 28.8 Å². The van der Waals surface area contributed by atoms with Gasteiger partial charge in [0.2, 0.25) is 0 Å². The fraction of sp³-hybridized carbons (Fsp3) is 0.261. The van der Waals surface area contributed by atoms with Crippen LogP contribution < -0.4 is 0 Å². The Labute approximate surface area is 159 Å². The molecule has 0 saturated heterocycles. The number of aromatic nitrogens is 2. The largest absolute Gasteiger partial charge is 0.360 e. The molecule has 2 aromatic heterocycles. The molecule has 0 amide bonds. The third-order valence-corrected chi connectivity index (χ3v) is 5.60. The molecule has 0 saturated carbocycles. The van der Waals surface area contributed by atoms with Gasteiger partial charge in [-0.3, -0.25) is 4.98 Å². The fourth-order valence-corrected chi connectivity index (χ4v) is 3.78. The summed E-state index contributed by atoms with van der Waals surface area (Å²) in [6, 6.07) is 13.8. The van der Waals surface area contributed by atoms with Crippen LogP contribution in [0.5, 0.6) is 0 Å². The number of hydrogen-bond donors (Lipinski definition) is 0. The molecule has 0 aliphatic heterocycles. The van der Waals surface area contributed by atoms with Crippen LogP contribution in [0, 0.1) is 23.2 Å². The van der Waals surface area contributed by atoms with Gasteiger partial charge >= 0.3 is 0 Å². The molecule has 134 valence electrons. The first-order valence-corrected chi connectivity index (χ1v) is 9.24. The molecule has 1 aliphatic rings. The van der Waals surface area contributed by atoms with E-state index in [1.54, 1.807) is 0 Å². The molecule has 0 spiro atoms. The van der Waals surface area contributed by atoms with Gasteiger partial charge in [0.15, 0.2) is 0 Å². The summed E-state index contributed by atoms with van der Waals surface area (Å²) in [6.07, 6.45) is 8.91. The zero-order valence-corrected chi connectivity index (χ0v) is 15.5. The minimum atomic E-state index is 0.215. The molecule has 3 aromatic rings. The summed E-state index contributed by atoms with van der Waals surface area (Å²) in [5.41, 5.74) is 4.61. The Morgan fingerprint density at radius 1 is 1.15 bits per heavy atom. The molecule has 3 atom stereocenters. The lowest BCUT2D eigenvalue weighted by atomic mass is 9.73. The van der Waals surface area contributed by atoms with Crippen molar-refractivity contribution in [3.05, 3.63) is 77.4 Å². The molecule has 0 bridgehead atoms. The Balaban J connectivity index is 1.58. The van der Waals surface area contributed by atoms with Gasteiger partial charge in [-0.2, -0.15) is 5.26 Å². The first kappa shape index (κ1) is 17.2. The van der Waals surface area contributed by atoms with Gasteiger partial charge in [0.05, 0.1) is 23.5 Å². The maximum Gasteiger partial charge on any atom is 0.147 e. The van der Waals surface area contributed by atoms with E-state index >= 15 is 0 Å². The first-order chi connectivity index (χ1) is 13.2. The van der Waals surface area contributed by atoms with Crippen molar-refractivity contribution in [3.8, 4) is 17.2 Å². The number of rotatable bonds is 3. The number of fused-ring (bicyclic) bond motifs is 1. The molecular weight excluding hydrogens is 334 g/mol. The Kier molecular flexibility index (Phi) is 4.60.